The molecule has 0 aromatic heterocycles. The van der Waals surface area contributed by atoms with Gasteiger partial charge in [0.1, 0.15) is 0 Å². The number of allylic oxidation sites excluding steroid dienone is 9. The van der Waals surface area contributed by atoms with Gasteiger partial charge in [-0.3, -0.25) is 0 Å². The normalized spacial score (nSPS) is 10.2. The Morgan fingerprint density at radius 3 is 1.79 bits per heavy atom. The first-order chi connectivity index (χ1) is 18.4. The van der Waals surface area contributed by atoms with Gasteiger partial charge in [-0.05, 0) is 95.6 Å². The summed E-state index contributed by atoms with van der Waals surface area (Å²) in [6, 6.07) is 6.06. The largest absolute Gasteiger partial charge is 0.115 e. The lowest BCUT2D eigenvalue weighted by atomic mass is 9.86. The highest BCUT2D eigenvalue weighted by molar-refractivity contribution is 5.73. The van der Waals surface area contributed by atoms with Gasteiger partial charge in [-0.25, -0.2) is 0 Å². The van der Waals surface area contributed by atoms with Crippen molar-refractivity contribution in [1.82, 2.24) is 0 Å². The number of hydrogen-bond acceptors (Lipinski definition) is 0. The van der Waals surface area contributed by atoms with Crippen molar-refractivity contribution in [3.05, 3.63) is 101 Å². The van der Waals surface area contributed by atoms with Gasteiger partial charge >= 0.3 is 0 Å². The van der Waals surface area contributed by atoms with E-state index in [1.54, 1.807) is 0 Å². The molecule has 1 rings (SSSR count). The molecule has 1 aromatic carbocycles. The van der Waals surface area contributed by atoms with E-state index in [1.165, 1.54) is 48.8 Å². The van der Waals surface area contributed by atoms with Crippen LogP contribution in [-0.2, 0) is 0 Å². The van der Waals surface area contributed by atoms with E-state index in [4.69, 9.17) is 6.42 Å². The Morgan fingerprint density at radius 1 is 0.872 bits per heavy atom. The van der Waals surface area contributed by atoms with Crippen molar-refractivity contribution in [2.75, 3.05) is 0 Å². The molecule has 0 fully saturated rings. The molecule has 0 aliphatic heterocycles. The van der Waals surface area contributed by atoms with Crippen molar-refractivity contribution in [2.45, 2.75) is 122 Å². The van der Waals surface area contributed by atoms with Gasteiger partial charge < -0.3 is 0 Å². The fourth-order valence-electron chi connectivity index (χ4n) is 3.47. The van der Waals surface area contributed by atoms with Crippen molar-refractivity contribution < 1.29 is 0 Å². The van der Waals surface area contributed by atoms with Crippen LogP contribution in [0.3, 0.4) is 0 Å². The van der Waals surface area contributed by atoms with E-state index in [9.17, 15) is 0 Å². The molecular formula is C39H64. The van der Waals surface area contributed by atoms with Gasteiger partial charge in [-0.2, -0.15) is 0 Å². The number of unbranched alkanes of at least 4 members (excludes halogenated alkanes) is 1. The highest BCUT2D eigenvalue weighted by Crippen LogP contribution is 2.27. The lowest BCUT2D eigenvalue weighted by molar-refractivity contribution is 0.493. The van der Waals surface area contributed by atoms with Crippen LogP contribution >= 0.6 is 0 Å². The smallest absolute Gasteiger partial charge is 0.0277 e. The van der Waals surface area contributed by atoms with Crippen LogP contribution in [0.5, 0.6) is 0 Å². The third kappa shape index (κ3) is 25.3. The molecule has 0 saturated carbocycles. The number of rotatable bonds is 10. The third-order valence-corrected chi connectivity index (χ3v) is 5.24. The molecule has 0 spiro atoms. The van der Waals surface area contributed by atoms with Crippen molar-refractivity contribution in [1.29, 1.82) is 0 Å². The first-order valence-corrected chi connectivity index (χ1v) is 15.0. The Hall–Kier alpha value is -2.78. The lowest BCUT2D eigenvalue weighted by Gasteiger charge is -2.19. The molecule has 0 heterocycles. The summed E-state index contributed by atoms with van der Waals surface area (Å²) in [7, 11) is 0. The van der Waals surface area contributed by atoms with E-state index in [0.29, 0.717) is 0 Å². The van der Waals surface area contributed by atoms with Gasteiger partial charge in [-0.1, -0.05) is 133 Å². The molecule has 0 radical (unpaired) electrons. The number of terminal acetylenes is 1. The Kier molecular flexibility index (Phi) is 33.0. The standard InChI is InChI=1S/C17H30.C14H14.C4H8.2C2H6/c1-7-9-11-16(10-8-2)17(15(5)6)13-12-14(3)4;1-5-7-11(3)14-9-8-12(4)13(6-2)10-14;1-4(2)3;2*1-2/h12-13,16H,3,7-11H2,1-2,4-6H3;2,5,7-10H,3H2,1,4H3;1H2,2-3H3;2*1-2H3/b13-12-;7-5-;;;. The number of hydrogen-bond donors (Lipinski definition) is 0. The predicted octanol–water partition coefficient (Wildman–Crippen LogP) is 13.3. The minimum Gasteiger partial charge on any atom is -0.115 e. The maximum atomic E-state index is 5.40. The predicted molar refractivity (Wildman–Crippen MR) is 186 cm³/mol. The molecule has 1 aromatic rings. The van der Waals surface area contributed by atoms with Gasteiger partial charge in [0.2, 0.25) is 0 Å². The van der Waals surface area contributed by atoms with Gasteiger partial charge in [-0.15, -0.1) is 13.0 Å². The van der Waals surface area contributed by atoms with Crippen molar-refractivity contribution in [3.63, 3.8) is 0 Å². The summed E-state index contributed by atoms with van der Waals surface area (Å²) >= 11 is 0. The summed E-state index contributed by atoms with van der Waals surface area (Å²) in [4.78, 5) is 0. The average molecular weight is 533 g/mol. The van der Waals surface area contributed by atoms with Crippen molar-refractivity contribution >= 4 is 5.57 Å². The third-order valence-electron chi connectivity index (χ3n) is 5.24. The minimum absolute atomic E-state index is 0.737. The number of aryl methyl sites for hydroxylation is 1. The molecular weight excluding hydrogens is 468 g/mol. The Balaban J connectivity index is -0.000000250. The van der Waals surface area contributed by atoms with Gasteiger partial charge in [0.25, 0.3) is 0 Å². The zero-order valence-electron chi connectivity index (χ0n) is 28.4. The molecule has 1 unspecified atom stereocenters. The highest BCUT2D eigenvalue weighted by Gasteiger charge is 2.12. The molecule has 0 heteroatoms. The zero-order valence-corrected chi connectivity index (χ0v) is 28.4. The zero-order chi connectivity index (χ0) is 31.4. The summed E-state index contributed by atoms with van der Waals surface area (Å²) < 4.78 is 0. The monoisotopic (exact) mass is 533 g/mol. The quantitative estimate of drug-likeness (QED) is 0.160. The molecule has 220 valence electrons. The molecule has 0 N–H and O–H groups in total. The number of benzene rings is 1. The van der Waals surface area contributed by atoms with Gasteiger partial charge in [0.15, 0.2) is 0 Å². The molecule has 0 aliphatic rings. The summed E-state index contributed by atoms with van der Waals surface area (Å²) in [5, 5.41) is 0. The summed E-state index contributed by atoms with van der Waals surface area (Å²) in [6.45, 7) is 38.5. The van der Waals surface area contributed by atoms with E-state index in [-0.39, 0.29) is 0 Å². The van der Waals surface area contributed by atoms with Gasteiger partial charge in [0, 0.05) is 5.56 Å². The fourth-order valence-corrected chi connectivity index (χ4v) is 3.47. The van der Waals surface area contributed by atoms with Crippen LogP contribution in [-0.4, -0.2) is 0 Å². The van der Waals surface area contributed by atoms with E-state index in [1.807, 2.05) is 85.7 Å². The van der Waals surface area contributed by atoms with Crippen LogP contribution < -0.4 is 0 Å². The summed E-state index contributed by atoms with van der Waals surface area (Å²) in [6.07, 6.45) is 20.3. The molecule has 0 nitrogen and oxygen atoms in total. The van der Waals surface area contributed by atoms with Crippen LogP contribution in [0.1, 0.15) is 132 Å². The highest BCUT2D eigenvalue weighted by atomic mass is 14.2. The fraction of sp³-hybridized carbons (Fsp3) is 0.487. The van der Waals surface area contributed by atoms with E-state index in [0.717, 1.165) is 33.8 Å². The van der Waals surface area contributed by atoms with Gasteiger partial charge in [0.05, 0.1) is 0 Å². The minimum atomic E-state index is 0.737. The molecule has 39 heavy (non-hydrogen) atoms. The van der Waals surface area contributed by atoms with Crippen LogP contribution in [0.15, 0.2) is 84.5 Å². The van der Waals surface area contributed by atoms with E-state index >= 15 is 0 Å². The topological polar surface area (TPSA) is 0 Å². The molecule has 0 bridgehead atoms. The van der Waals surface area contributed by atoms with Crippen molar-refractivity contribution in [3.8, 4) is 12.3 Å². The van der Waals surface area contributed by atoms with E-state index in [2.05, 4.69) is 72.4 Å². The first-order valence-electron chi connectivity index (χ1n) is 15.0. The maximum absolute atomic E-state index is 5.40. The molecule has 0 aliphatic carbocycles. The molecule has 0 amide bonds. The SMILES string of the molecule is C#Cc1cc(C(=C)/C=C\C)ccc1C.C=C(C)/C=C\C(=C(C)C)C(CCC)CCCC.C=C(C)C.CC.CC. The second-order valence-electron chi connectivity index (χ2n) is 9.67. The Bertz CT molecular complexity index is 913. The Labute approximate surface area is 246 Å². The van der Waals surface area contributed by atoms with Crippen molar-refractivity contribution in [2.24, 2.45) is 5.92 Å². The second kappa shape index (κ2) is 29.8. The van der Waals surface area contributed by atoms with Crippen LogP contribution in [0, 0.1) is 25.2 Å². The summed E-state index contributed by atoms with van der Waals surface area (Å²) in [5.41, 5.74) is 9.43. The molecule has 1 atom stereocenters. The van der Waals surface area contributed by atoms with E-state index < -0.39 is 0 Å². The lowest BCUT2D eigenvalue weighted by Crippen LogP contribution is -2.04. The maximum Gasteiger partial charge on any atom is 0.0277 e. The average Bonchev–Trinajstić information content (AvgIpc) is 2.89. The molecule has 0 saturated heterocycles. The van der Waals surface area contributed by atoms with Crippen LogP contribution in [0.4, 0.5) is 0 Å². The first kappa shape index (κ1) is 43.3. The second-order valence-corrected chi connectivity index (χ2v) is 9.67. The summed E-state index contributed by atoms with van der Waals surface area (Å²) in [5.74, 6) is 3.40. The van der Waals surface area contributed by atoms with Crippen LogP contribution in [0.25, 0.3) is 5.57 Å². The Morgan fingerprint density at radius 2 is 1.41 bits per heavy atom. The van der Waals surface area contributed by atoms with Crippen LogP contribution in [0.2, 0.25) is 0 Å².